The van der Waals surface area contributed by atoms with E-state index in [9.17, 15) is 13.2 Å². The van der Waals surface area contributed by atoms with Gasteiger partial charge in [0, 0.05) is 43.5 Å². The number of aliphatic imine (C=N–C) groups is 1. The lowest BCUT2D eigenvalue weighted by Gasteiger charge is -2.22. The lowest BCUT2D eigenvalue weighted by molar-refractivity contribution is -0.154. The number of alkyl halides is 3. The summed E-state index contributed by atoms with van der Waals surface area (Å²) in [6.45, 7) is 9.97. The molecule has 0 saturated carbocycles. The Hall–Kier alpha value is -2.03. The number of guanidine groups is 1. The minimum absolute atomic E-state index is 0.0420. The number of hydrogen-bond donors (Lipinski definition) is 2. The van der Waals surface area contributed by atoms with Crippen molar-refractivity contribution in [3.8, 4) is 5.88 Å². The second-order valence-electron chi connectivity index (χ2n) is 7.34. The van der Waals surface area contributed by atoms with Crippen molar-refractivity contribution in [3.05, 3.63) is 23.9 Å². The molecule has 0 spiro atoms. The van der Waals surface area contributed by atoms with Crippen LogP contribution in [0.25, 0.3) is 0 Å². The summed E-state index contributed by atoms with van der Waals surface area (Å²) >= 11 is 0. The van der Waals surface area contributed by atoms with E-state index in [4.69, 9.17) is 4.74 Å². The molecule has 158 valence electrons. The topological polar surface area (TPSA) is 61.8 Å². The highest BCUT2D eigenvalue weighted by Crippen LogP contribution is 2.21. The predicted molar refractivity (Wildman–Crippen MR) is 103 cm³/mol. The predicted octanol–water partition coefficient (Wildman–Crippen LogP) is 2.81. The standard InChI is InChI=1S/C19H30F3N5O/c1-5-23-18(26-16-11-27(13(2)3)10-14(16)4)25-9-15-7-6-8-24-17(15)28-12-19(20,21)22/h6-8,13-14,16H,5,9-12H2,1-4H3,(H2,23,25,26). The van der Waals surface area contributed by atoms with E-state index >= 15 is 0 Å². The second kappa shape index (κ2) is 9.95. The Labute approximate surface area is 164 Å². The van der Waals surface area contributed by atoms with Crippen molar-refractivity contribution in [1.82, 2.24) is 20.5 Å². The Balaban J connectivity index is 2.05. The summed E-state index contributed by atoms with van der Waals surface area (Å²) in [6.07, 6.45) is -3.00. The zero-order valence-electron chi connectivity index (χ0n) is 16.9. The number of hydrogen-bond acceptors (Lipinski definition) is 4. The molecule has 0 aromatic carbocycles. The first-order valence-corrected chi connectivity index (χ1v) is 9.62. The van der Waals surface area contributed by atoms with E-state index in [1.54, 1.807) is 12.1 Å². The van der Waals surface area contributed by atoms with E-state index in [0.717, 1.165) is 13.1 Å². The third-order valence-electron chi connectivity index (χ3n) is 4.67. The normalized spacial score (nSPS) is 21.2. The molecule has 0 radical (unpaired) electrons. The fourth-order valence-corrected chi connectivity index (χ4v) is 3.10. The van der Waals surface area contributed by atoms with Crippen LogP contribution >= 0.6 is 0 Å². The maximum atomic E-state index is 12.4. The maximum Gasteiger partial charge on any atom is 0.422 e. The molecule has 1 fully saturated rings. The van der Waals surface area contributed by atoms with Crippen LogP contribution in [0.3, 0.4) is 0 Å². The van der Waals surface area contributed by atoms with Gasteiger partial charge >= 0.3 is 6.18 Å². The van der Waals surface area contributed by atoms with E-state index in [0.29, 0.717) is 30.0 Å². The van der Waals surface area contributed by atoms with E-state index < -0.39 is 12.8 Å². The number of nitrogens with zero attached hydrogens (tertiary/aromatic N) is 3. The summed E-state index contributed by atoms with van der Waals surface area (Å²) in [5.41, 5.74) is 0.507. The van der Waals surface area contributed by atoms with E-state index in [-0.39, 0.29) is 18.5 Å². The van der Waals surface area contributed by atoms with E-state index in [2.05, 4.69) is 46.3 Å². The van der Waals surface area contributed by atoms with Crippen molar-refractivity contribution < 1.29 is 17.9 Å². The van der Waals surface area contributed by atoms with Crippen LogP contribution in [-0.2, 0) is 6.54 Å². The zero-order valence-corrected chi connectivity index (χ0v) is 16.9. The Morgan fingerprint density at radius 3 is 2.75 bits per heavy atom. The van der Waals surface area contributed by atoms with Gasteiger partial charge in [0.1, 0.15) is 0 Å². The van der Waals surface area contributed by atoms with Crippen LogP contribution in [-0.4, -0.2) is 60.3 Å². The minimum atomic E-state index is -4.41. The SMILES string of the molecule is CCNC(=NCc1cccnc1OCC(F)(F)F)NC1CN(C(C)C)CC1C. The van der Waals surface area contributed by atoms with Gasteiger partial charge in [0.2, 0.25) is 5.88 Å². The van der Waals surface area contributed by atoms with Gasteiger partial charge in [0.05, 0.1) is 6.54 Å². The van der Waals surface area contributed by atoms with Gasteiger partial charge in [-0.25, -0.2) is 9.98 Å². The molecule has 2 heterocycles. The van der Waals surface area contributed by atoms with Gasteiger partial charge in [0.25, 0.3) is 0 Å². The summed E-state index contributed by atoms with van der Waals surface area (Å²) in [7, 11) is 0. The molecule has 1 aromatic heterocycles. The first kappa shape index (κ1) is 22.3. The molecule has 2 unspecified atom stereocenters. The van der Waals surface area contributed by atoms with Crippen molar-refractivity contribution in [3.63, 3.8) is 0 Å². The molecule has 1 aliphatic rings. The number of nitrogens with one attached hydrogen (secondary N) is 2. The lowest BCUT2D eigenvalue weighted by Crippen LogP contribution is -2.46. The third-order valence-corrected chi connectivity index (χ3v) is 4.67. The van der Waals surface area contributed by atoms with Crippen LogP contribution < -0.4 is 15.4 Å². The van der Waals surface area contributed by atoms with E-state index in [1.807, 2.05) is 6.92 Å². The summed E-state index contributed by atoms with van der Waals surface area (Å²) in [6, 6.07) is 4.07. The summed E-state index contributed by atoms with van der Waals surface area (Å²) < 4.78 is 42.1. The molecule has 2 N–H and O–H groups in total. The van der Waals surface area contributed by atoms with Crippen molar-refractivity contribution in [2.45, 2.75) is 52.5 Å². The summed E-state index contributed by atoms with van der Waals surface area (Å²) in [5.74, 6) is 1.06. The van der Waals surface area contributed by atoms with Crippen LogP contribution in [0.4, 0.5) is 13.2 Å². The zero-order chi connectivity index (χ0) is 20.7. The number of ether oxygens (including phenoxy) is 1. The molecule has 2 rings (SSSR count). The number of halogens is 3. The Bertz CT molecular complexity index is 651. The van der Waals surface area contributed by atoms with Gasteiger partial charge in [-0.15, -0.1) is 0 Å². The largest absolute Gasteiger partial charge is 0.468 e. The number of likely N-dealkylation sites (tertiary alicyclic amines) is 1. The van der Waals surface area contributed by atoms with Crippen molar-refractivity contribution >= 4 is 5.96 Å². The fourth-order valence-electron chi connectivity index (χ4n) is 3.10. The van der Waals surface area contributed by atoms with Gasteiger partial charge < -0.3 is 15.4 Å². The highest BCUT2D eigenvalue weighted by molar-refractivity contribution is 5.80. The summed E-state index contributed by atoms with van der Waals surface area (Å²) in [4.78, 5) is 10.9. The quantitative estimate of drug-likeness (QED) is 0.544. The average molecular weight is 401 g/mol. The molecular weight excluding hydrogens is 371 g/mol. The molecule has 2 atom stereocenters. The molecule has 1 saturated heterocycles. The Kier molecular flexibility index (Phi) is 7.91. The van der Waals surface area contributed by atoms with Crippen LogP contribution in [0.5, 0.6) is 5.88 Å². The smallest absolute Gasteiger partial charge is 0.422 e. The first-order valence-electron chi connectivity index (χ1n) is 9.62. The minimum Gasteiger partial charge on any atom is -0.468 e. The lowest BCUT2D eigenvalue weighted by atomic mass is 10.1. The van der Waals surface area contributed by atoms with Crippen LogP contribution in [0, 0.1) is 5.92 Å². The molecule has 9 heteroatoms. The van der Waals surface area contributed by atoms with Crippen molar-refractivity contribution in [2.75, 3.05) is 26.2 Å². The van der Waals surface area contributed by atoms with Crippen LogP contribution in [0.2, 0.25) is 0 Å². The maximum absolute atomic E-state index is 12.4. The first-order chi connectivity index (χ1) is 13.2. The fraction of sp³-hybridized carbons (Fsp3) is 0.684. The molecule has 1 aliphatic heterocycles. The Morgan fingerprint density at radius 2 is 2.14 bits per heavy atom. The molecule has 0 amide bonds. The monoisotopic (exact) mass is 401 g/mol. The number of pyridine rings is 1. The van der Waals surface area contributed by atoms with Crippen LogP contribution in [0.15, 0.2) is 23.3 Å². The highest BCUT2D eigenvalue weighted by Gasteiger charge is 2.31. The molecule has 1 aromatic rings. The number of rotatable bonds is 7. The second-order valence-corrected chi connectivity index (χ2v) is 7.34. The van der Waals surface area contributed by atoms with E-state index in [1.165, 1.54) is 6.20 Å². The molecule has 0 aliphatic carbocycles. The van der Waals surface area contributed by atoms with Gasteiger partial charge in [-0.05, 0) is 32.8 Å². The van der Waals surface area contributed by atoms with Crippen molar-refractivity contribution in [1.29, 1.82) is 0 Å². The number of aromatic nitrogens is 1. The summed E-state index contributed by atoms with van der Waals surface area (Å²) in [5, 5.41) is 6.65. The molecular formula is C19H30F3N5O. The van der Waals surface area contributed by atoms with Gasteiger partial charge in [-0.3, -0.25) is 4.90 Å². The molecule has 6 nitrogen and oxygen atoms in total. The highest BCUT2D eigenvalue weighted by atomic mass is 19.4. The van der Waals surface area contributed by atoms with Gasteiger partial charge in [-0.1, -0.05) is 13.0 Å². The van der Waals surface area contributed by atoms with Crippen molar-refractivity contribution in [2.24, 2.45) is 10.9 Å². The Morgan fingerprint density at radius 1 is 1.39 bits per heavy atom. The third kappa shape index (κ3) is 6.85. The van der Waals surface area contributed by atoms with Crippen LogP contribution in [0.1, 0.15) is 33.3 Å². The molecule has 0 bridgehead atoms. The van der Waals surface area contributed by atoms with Gasteiger partial charge in [-0.2, -0.15) is 13.2 Å². The average Bonchev–Trinajstić information content (AvgIpc) is 2.99. The van der Waals surface area contributed by atoms with Gasteiger partial charge in [0.15, 0.2) is 12.6 Å². The molecule has 28 heavy (non-hydrogen) atoms.